The lowest BCUT2D eigenvalue weighted by atomic mass is 9.66. The van der Waals surface area contributed by atoms with Crippen molar-refractivity contribution in [3.63, 3.8) is 0 Å². The molecule has 10 heteroatoms. The highest BCUT2D eigenvalue weighted by Crippen LogP contribution is 2.49. The van der Waals surface area contributed by atoms with E-state index in [1.165, 1.54) is 0 Å². The van der Waals surface area contributed by atoms with Crippen molar-refractivity contribution in [2.24, 2.45) is 16.3 Å². The summed E-state index contributed by atoms with van der Waals surface area (Å²) in [6.07, 6.45) is -3.77. The normalized spacial score (nSPS) is 22.5. The summed E-state index contributed by atoms with van der Waals surface area (Å²) in [5, 5.41) is 2.52. The molecule has 2 aliphatic heterocycles. The molecule has 0 saturated carbocycles. The number of carbonyl (C=O) groups is 2. The molecule has 5 rings (SSSR count). The first-order chi connectivity index (χ1) is 17.3. The Morgan fingerprint density at radius 3 is 2.57 bits per heavy atom. The van der Waals surface area contributed by atoms with Crippen molar-refractivity contribution in [1.82, 2.24) is 0 Å². The van der Waals surface area contributed by atoms with Crippen molar-refractivity contribution >= 4 is 34.7 Å². The molecular weight excluding hydrogens is 509 g/mol. The molecule has 2 aromatic carbocycles. The smallest absolute Gasteiger partial charge is 0.416 e. The van der Waals surface area contributed by atoms with Gasteiger partial charge in [-0.15, -0.1) is 0 Å². The fourth-order valence-corrected chi connectivity index (χ4v) is 5.42. The second-order valence-electron chi connectivity index (χ2n) is 10.3. The maximum absolute atomic E-state index is 13.7. The number of nitrogens with zero attached hydrogens (tertiary/aromatic N) is 1. The zero-order valence-corrected chi connectivity index (χ0v) is 21.1. The average molecular weight is 533 g/mol. The highest BCUT2D eigenvalue weighted by Gasteiger charge is 2.46. The zero-order valence-electron chi connectivity index (χ0n) is 20.3. The summed E-state index contributed by atoms with van der Waals surface area (Å²) in [6.45, 7) is 5.73. The summed E-state index contributed by atoms with van der Waals surface area (Å²) in [5.74, 6) is -1.37. The lowest BCUT2D eigenvalue weighted by Gasteiger charge is -2.39. The second-order valence-corrected chi connectivity index (χ2v) is 10.7. The number of anilines is 1. The number of ether oxygens (including phenoxy) is 2. The van der Waals surface area contributed by atoms with Crippen molar-refractivity contribution in [2.75, 3.05) is 12.1 Å². The summed E-state index contributed by atoms with van der Waals surface area (Å²) < 4.78 is 50.8. The summed E-state index contributed by atoms with van der Waals surface area (Å²) in [6, 6.07) is 7.95. The zero-order chi connectivity index (χ0) is 26.7. The number of carbonyl (C=O) groups excluding carboxylic acids is 2. The van der Waals surface area contributed by atoms with Gasteiger partial charge in [-0.05, 0) is 54.7 Å². The Morgan fingerprint density at radius 1 is 1.11 bits per heavy atom. The van der Waals surface area contributed by atoms with E-state index in [4.69, 9.17) is 21.1 Å². The van der Waals surface area contributed by atoms with Crippen LogP contribution >= 0.6 is 11.6 Å². The predicted octanol–water partition coefficient (Wildman–Crippen LogP) is 6.54. The van der Waals surface area contributed by atoms with Gasteiger partial charge in [-0.25, -0.2) is 0 Å². The van der Waals surface area contributed by atoms with Gasteiger partial charge in [-0.1, -0.05) is 31.5 Å². The molecule has 2 heterocycles. The van der Waals surface area contributed by atoms with Gasteiger partial charge in [0.05, 0.1) is 22.2 Å². The van der Waals surface area contributed by atoms with Crippen LogP contribution in [0.2, 0.25) is 5.02 Å². The third-order valence-electron chi connectivity index (χ3n) is 6.89. The van der Waals surface area contributed by atoms with Crippen LogP contribution in [0.4, 0.5) is 18.9 Å². The highest BCUT2D eigenvalue weighted by atomic mass is 35.5. The minimum Gasteiger partial charge on any atom is -0.454 e. The second kappa shape index (κ2) is 8.90. The number of ketones is 1. The minimum absolute atomic E-state index is 0.0400. The van der Waals surface area contributed by atoms with Gasteiger partial charge in [0.1, 0.15) is 0 Å². The van der Waals surface area contributed by atoms with Gasteiger partial charge in [0.25, 0.3) is 0 Å². The van der Waals surface area contributed by atoms with E-state index in [0.29, 0.717) is 40.5 Å². The number of alkyl halides is 3. The van der Waals surface area contributed by atoms with Crippen molar-refractivity contribution < 1.29 is 32.2 Å². The predicted molar refractivity (Wildman–Crippen MR) is 132 cm³/mol. The number of allylic oxidation sites excluding steroid dienone is 2. The Bertz CT molecular complexity index is 1380. The van der Waals surface area contributed by atoms with Crippen LogP contribution in [0.1, 0.15) is 50.7 Å². The number of rotatable bonds is 3. The van der Waals surface area contributed by atoms with Gasteiger partial charge in [0.2, 0.25) is 12.7 Å². The fraction of sp³-hybridized carbons (Fsp3) is 0.370. The molecule has 1 amide bonds. The Hall–Kier alpha value is -3.33. The molecule has 0 radical (unpaired) electrons. The van der Waals surface area contributed by atoms with Crippen LogP contribution in [0.25, 0.3) is 0 Å². The fourth-order valence-electron chi connectivity index (χ4n) is 5.26. The number of halogens is 4. The molecule has 2 aromatic rings. The van der Waals surface area contributed by atoms with Crippen LogP contribution in [0.15, 0.2) is 52.7 Å². The van der Waals surface area contributed by atoms with Gasteiger partial charge in [0, 0.05) is 29.3 Å². The van der Waals surface area contributed by atoms with Gasteiger partial charge in [-0.2, -0.15) is 13.2 Å². The molecule has 1 unspecified atom stereocenters. The molecule has 2 atom stereocenters. The molecule has 0 spiro atoms. The largest absolute Gasteiger partial charge is 0.454 e. The number of hydrogen-bond donors (Lipinski definition) is 1. The first-order valence-corrected chi connectivity index (χ1v) is 12.1. The lowest BCUT2D eigenvalue weighted by Crippen LogP contribution is -2.41. The van der Waals surface area contributed by atoms with E-state index < -0.39 is 29.5 Å². The van der Waals surface area contributed by atoms with E-state index in [1.807, 2.05) is 13.8 Å². The molecule has 0 fully saturated rings. The first-order valence-electron chi connectivity index (χ1n) is 11.7. The lowest BCUT2D eigenvalue weighted by molar-refractivity contribution is -0.137. The average Bonchev–Trinajstić information content (AvgIpc) is 3.25. The van der Waals surface area contributed by atoms with Crippen LogP contribution in [0.5, 0.6) is 11.5 Å². The van der Waals surface area contributed by atoms with Crippen LogP contribution in [0.3, 0.4) is 0 Å². The van der Waals surface area contributed by atoms with Gasteiger partial charge < -0.3 is 14.8 Å². The molecule has 0 bridgehead atoms. The first kappa shape index (κ1) is 25.3. The van der Waals surface area contributed by atoms with E-state index in [0.717, 1.165) is 18.2 Å². The van der Waals surface area contributed by atoms with Gasteiger partial charge in [0.15, 0.2) is 17.3 Å². The summed E-state index contributed by atoms with van der Waals surface area (Å²) in [5.41, 5.74) is 0.765. The molecule has 194 valence electrons. The van der Waals surface area contributed by atoms with Gasteiger partial charge in [-0.3, -0.25) is 14.6 Å². The number of fused-ring (bicyclic) bond motifs is 1. The number of nitrogens with one attached hydrogen (secondary N) is 1. The van der Waals surface area contributed by atoms with Crippen LogP contribution in [-0.2, 0) is 15.8 Å². The standard InChI is InChI=1S/C27H24ClF3N2O4/c1-13-22(25(35)33-17-9-15(27(29,30)31)5-6-16(17)28)23(14-4-7-20-21(8-14)37-12-36-20)24-18(32-13)10-26(2,3)11-19(24)34/h4-9,22-23H,10-12H2,1-3H3,(H,33,35)/t22?,23-/m1/s1. The number of hydrogen-bond acceptors (Lipinski definition) is 5. The van der Waals surface area contributed by atoms with E-state index in [9.17, 15) is 22.8 Å². The Morgan fingerprint density at radius 2 is 1.84 bits per heavy atom. The maximum Gasteiger partial charge on any atom is 0.416 e. The highest BCUT2D eigenvalue weighted by molar-refractivity contribution is 6.34. The van der Waals surface area contributed by atoms with Crippen LogP contribution in [0, 0.1) is 11.3 Å². The molecular formula is C27H24ClF3N2O4. The third-order valence-corrected chi connectivity index (χ3v) is 7.22. The third kappa shape index (κ3) is 4.72. The molecule has 1 aliphatic carbocycles. The SMILES string of the molecule is CC1=NC2=C(C(=O)CC(C)(C)C2)[C@H](c2ccc3c(c2)OCO3)C1C(=O)Nc1cc(C(F)(F)F)ccc1Cl. The quantitative estimate of drug-likeness (QED) is 0.486. The van der Waals surface area contributed by atoms with E-state index >= 15 is 0 Å². The van der Waals surface area contributed by atoms with Crippen molar-refractivity contribution in [3.8, 4) is 11.5 Å². The Kier molecular flexibility index (Phi) is 6.09. The molecule has 37 heavy (non-hydrogen) atoms. The minimum atomic E-state index is -4.61. The van der Waals surface area contributed by atoms with Gasteiger partial charge >= 0.3 is 6.18 Å². The number of Topliss-reactive ketones (excluding diaryl/α,β-unsaturated/α-hetero) is 1. The van der Waals surface area contributed by atoms with E-state index in [-0.39, 0.29) is 35.1 Å². The van der Waals surface area contributed by atoms with Crippen molar-refractivity contribution in [3.05, 3.63) is 63.8 Å². The topological polar surface area (TPSA) is 77.0 Å². The number of amides is 1. The Balaban J connectivity index is 1.59. The summed E-state index contributed by atoms with van der Waals surface area (Å²) in [4.78, 5) is 31.8. The number of benzene rings is 2. The van der Waals surface area contributed by atoms with Crippen LogP contribution < -0.4 is 14.8 Å². The molecule has 0 saturated heterocycles. The van der Waals surface area contributed by atoms with E-state index in [2.05, 4.69) is 10.3 Å². The van der Waals surface area contributed by atoms with Crippen LogP contribution in [-0.4, -0.2) is 24.2 Å². The summed E-state index contributed by atoms with van der Waals surface area (Å²) >= 11 is 6.14. The molecule has 6 nitrogen and oxygen atoms in total. The van der Waals surface area contributed by atoms with E-state index in [1.54, 1.807) is 25.1 Å². The molecule has 3 aliphatic rings. The van der Waals surface area contributed by atoms with Crippen molar-refractivity contribution in [2.45, 2.75) is 45.7 Å². The van der Waals surface area contributed by atoms with Crippen molar-refractivity contribution in [1.29, 1.82) is 0 Å². The molecule has 1 N–H and O–H groups in total. The molecule has 0 aromatic heterocycles. The maximum atomic E-state index is 13.7. The Labute approximate surface area is 216 Å². The monoisotopic (exact) mass is 532 g/mol. The summed E-state index contributed by atoms with van der Waals surface area (Å²) in [7, 11) is 0. The number of aliphatic imine (C=N–C) groups is 1.